The molecule has 0 saturated heterocycles. The molecule has 0 N–H and O–H groups in total. The Morgan fingerprint density at radius 2 is 1.81 bits per heavy atom. The zero-order valence-electron chi connectivity index (χ0n) is 19.1. The van der Waals surface area contributed by atoms with Crippen LogP contribution in [0.2, 0.25) is 0 Å². The Balaban J connectivity index is 1.74. The number of hydrogen-bond acceptors (Lipinski definition) is 7. The Morgan fingerprint density at radius 3 is 2.47 bits per heavy atom. The van der Waals surface area contributed by atoms with Crippen molar-refractivity contribution in [3.63, 3.8) is 0 Å². The van der Waals surface area contributed by atoms with Gasteiger partial charge in [-0.3, -0.25) is 24.0 Å². The minimum absolute atomic E-state index is 0.00442. The molecule has 32 heavy (non-hydrogen) atoms. The predicted octanol–water partition coefficient (Wildman–Crippen LogP) is 2.91. The summed E-state index contributed by atoms with van der Waals surface area (Å²) in [4.78, 5) is 62.4. The van der Waals surface area contributed by atoms with Crippen LogP contribution in [0.1, 0.15) is 59.8 Å². The van der Waals surface area contributed by atoms with Crippen LogP contribution in [0.15, 0.2) is 23.8 Å². The normalized spacial score (nSPS) is 40.0. The molecule has 4 aliphatic carbocycles. The molecular weight excluding hydrogens is 412 g/mol. The third kappa shape index (κ3) is 3.11. The van der Waals surface area contributed by atoms with Gasteiger partial charge in [-0.1, -0.05) is 25.5 Å². The van der Waals surface area contributed by atoms with Crippen molar-refractivity contribution < 1.29 is 33.4 Å². The zero-order valence-corrected chi connectivity index (χ0v) is 19.1. The highest BCUT2D eigenvalue weighted by molar-refractivity contribution is 6.02. The molecule has 0 radical (unpaired) electrons. The predicted molar refractivity (Wildman–Crippen MR) is 113 cm³/mol. The first-order chi connectivity index (χ1) is 14.9. The van der Waals surface area contributed by atoms with Crippen molar-refractivity contribution in [3.8, 4) is 0 Å². The number of allylic oxidation sites excluding steroid dienone is 4. The minimum Gasteiger partial charge on any atom is -0.458 e. The van der Waals surface area contributed by atoms with Crippen molar-refractivity contribution in [1.82, 2.24) is 0 Å². The molecular formula is C25H30O7. The van der Waals surface area contributed by atoms with E-state index in [0.29, 0.717) is 12.8 Å². The Kier molecular flexibility index (Phi) is 5.30. The Morgan fingerprint density at radius 1 is 1.09 bits per heavy atom. The van der Waals surface area contributed by atoms with Gasteiger partial charge in [-0.25, -0.2) is 0 Å². The zero-order chi connectivity index (χ0) is 23.5. The molecule has 4 aliphatic rings. The van der Waals surface area contributed by atoms with Crippen LogP contribution in [0, 0.1) is 28.6 Å². The van der Waals surface area contributed by atoms with Gasteiger partial charge in [-0.2, -0.15) is 0 Å². The van der Waals surface area contributed by atoms with Crippen molar-refractivity contribution in [2.75, 3.05) is 6.61 Å². The molecule has 7 heteroatoms. The second-order valence-corrected chi connectivity index (χ2v) is 10.2. The van der Waals surface area contributed by atoms with Crippen LogP contribution >= 0.6 is 0 Å². The van der Waals surface area contributed by atoms with E-state index < -0.39 is 40.8 Å². The van der Waals surface area contributed by atoms with Gasteiger partial charge in [0.25, 0.3) is 0 Å². The summed E-state index contributed by atoms with van der Waals surface area (Å²) < 4.78 is 10.7. The topological polar surface area (TPSA) is 104 Å². The molecule has 6 atom stereocenters. The molecule has 4 rings (SSSR count). The van der Waals surface area contributed by atoms with E-state index in [1.54, 1.807) is 12.2 Å². The SMILES string of the molecule is CC(=O)OCC(=O)[C@@]1(OC(C)=O)CC[C@@H]2[C@H]3CCC4=CC(=O)C=C[C@]4(C)[C@@H]3C(=O)C[C@@]21C. The van der Waals surface area contributed by atoms with Gasteiger partial charge in [0.05, 0.1) is 0 Å². The standard InChI is InChI=1S/C25H30O7/c1-14(26)31-13-21(30)25(32-15(2)27)10-8-19-18-6-5-16-11-17(28)7-9-23(16,3)22(18)20(29)12-24(19,25)4/h7,9,11,18-19,22H,5-6,8,10,12-13H2,1-4H3/t18-,19-,22+,23+,24+,25+/m1/s1. The van der Waals surface area contributed by atoms with Gasteiger partial charge >= 0.3 is 11.9 Å². The third-order valence-electron chi connectivity index (χ3n) is 8.55. The molecule has 0 aromatic rings. The Hall–Kier alpha value is -2.57. The molecule has 0 aromatic heterocycles. The van der Waals surface area contributed by atoms with Crippen LogP contribution in [-0.2, 0) is 33.4 Å². The molecule has 0 unspecified atom stereocenters. The third-order valence-corrected chi connectivity index (χ3v) is 8.55. The van der Waals surface area contributed by atoms with Crippen molar-refractivity contribution in [1.29, 1.82) is 0 Å². The summed E-state index contributed by atoms with van der Waals surface area (Å²) >= 11 is 0. The Bertz CT molecular complexity index is 975. The smallest absolute Gasteiger partial charge is 0.303 e. The van der Waals surface area contributed by atoms with Crippen LogP contribution in [0.5, 0.6) is 0 Å². The summed E-state index contributed by atoms with van der Waals surface area (Å²) in [5.74, 6) is -1.93. The van der Waals surface area contributed by atoms with E-state index in [4.69, 9.17) is 9.47 Å². The van der Waals surface area contributed by atoms with Gasteiger partial charge < -0.3 is 9.47 Å². The fraction of sp³-hybridized carbons (Fsp3) is 0.640. The monoisotopic (exact) mass is 442 g/mol. The summed E-state index contributed by atoms with van der Waals surface area (Å²) in [7, 11) is 0. The number of ether oxygens (including phenoxy) is 2. The lowest BCUT2D eigenvalue weighted by molar-refractivity contribution is -0.191. The number of ketones is 3. The van der Waals surface area contributed by atoms with Crippen LogP contribution in [-0.4, -0.2) is 41.5 Å². The fourth-order valence-corrected chi connectivity index (χ4v) is 7.23. The lowest BCUT2D eigenvalue weighted by Gasteiger charge is -2.57. The van der Waals surface area contributed by atoms with E-state index in [1.165, 1.54) is 13.8 Å². The highest BCUT2D eigenvalue weighted by Crippen LogP contribution is 2.66. The molecule has 0 bridgehead atoms. The second-order valence-electron chi connectivity index (χ2n) is 10.2. The van der Waals surface area contributed by atoms with Crippen LogP contribution in [0.25, 0.3) is 0 Å². The number of carbonyl (C=O) groups excluding carboxylic acids is 5. The van der Waals surface area contributed by atoms with E-state index in [9.17, 15) is 24.0 Å². The number of Topliss-reactive ketones (excluding diaryl/α,β-unsaturated/α-hetero) is 2. The molecule has 0 amide bonds. The number of esters is 2. The lowest BCUT2D eigenvalue weighted by atomic mass is 9.46. The van der Waals surface area contributed by atoms with E-state index in [1.807, 2.05) is 19.9 Å². The minimum atomic E-state index is -1.49. The number of rotatable bonds is 4. The first-order valence-corrected chi connectivity index (χ1v) is 11.3. The van der Waals surface area contributed by atoms with Crippen molar-refractivity contribution in [2.45, 2.75) is 65.4 Å². The number of hydrogen-bond donors (Lipinski definition) is 0. The van der Waals surface area contributed by atoms with Crippen LogP contribution in [0.4, 0.5) is 0 Å². The lowest BCUT2D eigenvalue weighted by Crippen LogP contribution is -2.62. The van der Waals surface area contributed by atoms with Gasteiger partial charge in [-0.15, -0.1) is 0 Å². The Labute approximate surface area is 187 Å². The molecule has 7 nitrogen and oxygen atoms in total. The summed E-state index contributed by atoms with van der Waals surface area (Å²) in [6, 6.07) is 0. The molecule has 0 spiro atoms. The quantitative estimate of drug-likeness (QED) is 0.617. The molecule has 3 fully saturated rings. The first kappa shape index (κ1) is 22.6. The maximum atomic E-state index is 13.7. The van der Waals surface area contributed by atoms with Gasteiger partial charge in [0.2, 0.25) is 5.78 Å². The summed E-state index contributed by atoms with van der Waals surface area (Å²) in [6.07, 6.45) is 7.60. The van der Waals surface area contributed by atoms with Crippen molar-refractivity contribution in [3.05, 3.63) is 23.8 Å². The number of carbonyl (C=O) groups is 5. The summed E-state index contributed by atoms with van der Waals surface area (Å²) in [5.41, 5.74) is -1.88. The van der Waals surface area contributed by atoms with E-state index in [0.717, 1.165) is 18.4 Å². The highest BCUT2D eigenvalue weighted by atomic mass is 16.6. The van der Waals surface area contributed by atoms with Gasteiger partial charge in [0.1, 0.15) is 5.78 Å². The van der Waals surface area contributed by atoms with E-state index >= 15 is 0 Å². The summed E-state index contributed by atoms with van der Waals surface area (Å²) in [6.45, 7) is 5.90. The second kappa shape index (κ2) is 7.49. The summed E-state index contributed by atoms with van der Waals surface area (Å²) in [5, 5.41) is 0. The average Bonchev–Trinajstić information content (AvgIpc) is 2.98. The van der Waals surface area contributed by atoms with Crippen LogP contribution < -0.4 is 0 Å². The molecule has 172 valence electrons. The molecule has 0 heterocycles. The van der Waals surface area contributed by atoms with E-state index in [2.05, 4.69) is 0 Å². The highest BCUT2D eigenvalue weighted by Gasteiger charge is 2.70. The maximum Gasteiger partial charge on any atom is 0.303 e. The van der Waals surface area contributed by atoms with Crippen molar-refractivity contribution >= 4 is 29.3 Å². The van der Waals surface area contributed by atoms with Crippen molar-refractivity contribution in [2.24, 2.45) is 28.6 Å². The van der Waals surface area contributed by atoms with Crippen LogP contribution in [0.3, 0.4) is 0 Å². The molecule has 0 aliphatic heterocycles. The first-order valence-electron chi connectivity index (χ1n) is 11.3. The number of fused-ring (bicyclic) bond motifs is 5. The largest absolute Gasteiger partial charge is 0.458 e. The average molecular weight is 443 g/mol. The van der Waals surface area contributed by atoms with E-state index in [-0.39, 0.29) is 35.7 Å². The maximum absolute atomic E-state index is 13.7. The fourth-order valence-electron chi connectivity index (χ4n) is 7.23. The molecule has 3 saturated carbocycles. The van der Waals surface area contributed by atoms with Gasteiger partial charge in [-0.05, 0) is 49.7 Å². The van der Waals surface area contributed by atoms with Gasteiger partial charge in [0, 0.05) is 37.0 Å². The van der Waals surface area contributed by atoms with Gasteiger partial charge in [0.15, 0.2) is 18.0 Å². The molecule has 0 aromatic carbocycles.